The van der Waals surface area contributed by atoms with E-state index in [9.17, 15) is 19.2 Å². The van der Waals surface area contributed by atoms with Crippen molar-refractivity contribution in [3.8, 4) is 0 Å². The molecule has 0 saturated carbocycles. The zero-order valence-corrected chi connectivity index (χ0v) is 23.3. The second-order valence-electron chi connectivity index (χ2n) is 8.79. The van der Waals surface area contributed by atoms with Crippen LogP contribution in [0.1, 0.15) is 111 Å². The van der Waals surface area contributed by atoms with Gasteiger partial charge in [0.1, 0.15) is 6.04 Å². The van der Waals surface area contributed by atoms with Crippen molar-refractivity contribution in [3.63, 3.8) is 0 Å². The first-order valence-electron chi connectivity index (χ1n) is 13.9. The molecule has 0 aliphatic carbocycles. The number of Topliss-reactive ketones (excluding diaryl/α,β-unsaturated/α-hetero) is 1. The number of carbonyl (C=O) groups is 4. The number of ketones is 1. The van der Waals surface area contributed by atoms with Crippen LogP contribution in [0.4, 0.5) is 0 Å². The van der Waals surface area contributed by atoms with Gasteiger partial charge in [-0.15, -0.1) is 0 Å². The third kappa shape index (κ3) is 21.3. The summed E-state index contributed by atoms with van der Waals surface area (Å²) >= 11 is 0. The normalized spacial score (nSPS) is 12.1. The van der Waals surface area contributed by atoms with Crippen molar-refractivity contribution >= 4 is 23.5 Å². The predicted octanol–water partition coefficient (Wildman–Crippen LogP) is 2.20. The van der Waals surface area contributed by atoms with Gasteiger partial charge in [0.15, 0.2) is 5.78 Å². The fourth-order valence-corrected chi connectivity index (χ4v) is 3.52. The maximum Gasteiger partial charge on any atom is 0.243 e. The van der Waals surface area contributed by atoms with Gasteiger partial charge in [-0.1, -0.05) is 33.6 Å². The molecule has 0 aromatic rings. The minimum Gasteiger partial charge on any atom is -0.356 e. The molecule has 0 saturated heterocycles. The van der Waals surface area contributed by atoms with Crippen LogP contribution < -0.4 is 33.0 Å². The summed E-state index contributed by atoms with van der Waals surface area (Å²) in [5.41, 5.74) is 8.01. The van der Waals surface area contributed by atoms with E-state index in [1.165, 1.54) is 6.92 Å². The van der Waals surface area contributed by atoms with Gasteiger partial charge in [0.05, 0.1) is 6.04 Å². The Balaban J connectivity index is 0. The van der Waals surface area contributed by atoms with Gasteiger partial charge in [0.2, 0.25) is 17.7 Å². The highest BCUT2D eigenvalue weighted by molar-refractivity contribution is 5.92. The van der Waals surface area contributed by atoms with Crippen molar-refractivity contribution in [2.45, 2.75) is 123 Å². The van der Waals surface area contributed by atoms with Gasteiger partial charge in [0, 0.05) is 25.9 Å². The summed E-state index contributed by atoms with van der Waals surface area (Å²) in [6, 6.07) is -1.29. The summed E-state index contributed by atoms with van der Waals surface area (Å²) < 4.78 is 0. The molecule has 0 aromatic heterocycles. The number of carbonyl (C=O) groups excluding carboxylic acids is 4. The summed E-state index contributed by atoms with van der Waals surface area (Å²) in [6.45, 7) is 9.26. The lowest BCUT2D eigenvalue weighted by atomic mass is 10.0. The number of hydrazine groups is 1. The van der Waals surface area contributed by atoms with Crippen molar-refractivity contribution in [1.82, 2.24) is 21.4 Å². The molecule has 0 fully saturated rings. The molecule has 0 radical (unpaired) electrons. The zero-order chi connectivity index (χ0) is 27.6. The standard InChI is InChI=1S/C24H48N6O4.C2H6/c1-3-4-5-15-23(33)29-21(13-7-10-17-27-22(32)14-6-9-16-25)24(34)30-20(19(2)31)12-8-11-18-28-26;1-2/h20-21,28H,3-18,25-26H2,1-2H3,(H,27,32)(H,29,33)(H,30,34);1-2H3. The Morgan fingerprint density at radius 3 is 1.89 bits per heavy atom. The molecule has 0 aliphatic rings. The Morgan fingerprint density at radius 2 is 1.31 bits per heavy atom. The smallest absolute Gasteiger partial charge is 0.243 e. The Kier molecular flexibility index (Phi) is 26.1. The lowest BCUT2D eigenvalue weighted by molar-refractivity contribution is -0.131. The van der Waals surface area contributed by atoms with Crippen molar-refractivity contribution in [1.29, 1.82) is 0 Å². The van der Waals surface area contributed by atoms with E-state index in [4.69, 9.17) is 11.6 Å². The summed E-state index contributed by atoms with van der Waals surface area (Å²) in [7, 11) is 0. The third-order valence-electron chi connectivity index (χ3n) is 5.63. The van der Waals surface area contributed by atoms with Crippen LogP contribution in [0, 0.1) is 0 Å². The van der Waals surface area contributed by atoms with E-state index in [0.717, 1.165) is 44.9 Å². The number of nitrogens with one attached hydrogen (secondary N) is 4. The second-order valence-corrected chi connectivity index (χ2v) is 8.79. The molecule has 0 spiro atoms. The van der Waals surface area contributed by atoms with Gasteiger partial charge in [-0.05, 0) is 71.3 Å². The summed E-state index contributed by atoms with van der Waals surface area (Å²) in [4.78, 5) is 49.1. The molecule has 0 aliphatic heterocycles. The number of nitrogens with two attached hydrogens (primary N) is 2. The molecule has 10 nitrogen and oxygen atoms in total. The minimum atomic E-state index is -0.707. The van der Waals surface area contributed by atoms with Crippen molar-refractivity contribution < 1.29 is 19.2 Å². The molecule has 0 rings (SSSR count). The lowest BCUT2D eigenvalue weighted by Gasteiger charge is -2.22. The molecule has 212 valence electrons. The van der Waals surface area contributed by atoms with E-state index in [2.05, 4.69) is 28.3 Å². The van der Waals surface area contributed by atoms with Crippen LogP contribution in [0.3, 0.4) is 0 Å². The Hall–Kier alpha value is -2.04. The van der Waals surface area contributed by atoms with E-state index < -0.39 is 12.1 Å². The molecule has 10 heteroatoms. The average molecular weight is 515 g/mol. The molecule has 2 atom stereocenters. The SMILES string of the molecule is CC.CCCCCC(=O)NC(CCCCNC(=O)CCCCN)C(=O)NC(CCCCNN)C(C)=O. The molecule has 3 amide bonds. The van der Waals surface area contributed by atoms with Crippen molar-refractivity contribution in [2.24, 2.45) is 11.6 Å². The number of hydrogen-bond acceptors (Lipinski definition) is 7. The molecular weight excluding hydrogens is 460 g/mol. The molecular formula is C26H54N6O4. The number of unbranched alkanes of at least 4 members (excludes halogenated alkanes) is 5. The van der Waals surface area contributed by atoms with Crippen LogP contribution in [0.15, 0.2) is 0 Å². The third-order valence-corrected chi connectivity index (χ3v) is 5.63. The van der Waals surface area contributed by atoms with E-state index >= 15 is 0 Å². The zero-order valence-electron chi connectivity index (χ0n) is 23.3. The first-order valence-corrected chi connectivity index (χ1v) is 13.9. The van der Waals surface area contributed by atoms with Crippen LogP contribution >= 0.6 is 0 Å². The van der Waals surface area contributed by atoms with Gasteiger partial charge < -0.3 is 21.7 Å². The van der Waals surface area contributed by atoms with Crippen LogP contribution in [0.2, 0.25) is 0 Å². The molecule has 0 heterocycles. The maximum atomic E-state index is 12.9. The number of hydrogen-bond donors (Lipinski definition) is 6. The van der Waals surface area contributed by atoms with E-state index in [-0.39, 0.29) is 23.5 Å². The first kappa shape index (κ1) is 36.1. The van der Waals surface area contributed by atoms with Crippen LogP contribution in [0.25, 0.3) is 0 Å². The van der Waals surface area contributed by atoms with Crippen molar-refractivity contribution in [2.75, 3.05) is 19.6 Å². The van der Waals surface area contributed by atoms with Gasteiger partial charge in [-0.2, -0.15) is 0 Å². The Labute approximate surface area is 218 Å². The summed E-state index contributed by atoms with van der Waals surface area (Å²) in [5, 5.41) is 8.54. The fraction of sp³-hybridized carbons (Fsp3) is 0.846. The quantitative estimate of drug-likeness (QED) is 0.0731. The molecule has 0 bridgehead atoms. The maximum absolute atomic E-state index is 12.9. The largest absolute Gasteiger partial charge is 0.356 e. The van der Waals surface area contributed by atoms with E-state index in [1.807, 2.05) is 13.8 Å². The van der Waals surface area contributed by atoms with Gasteiger partial charge in [0.25, 0.3) is 0 Å². The van der Waals surface area contributed by atoms with Crippen LogP contribution in [0.5, 0.6) is 0 Å². The number of amides is 3. The Bertz CT molecular complexity index is 589. The summed E-state index contributed by atoms with van der Waals surface area (Å²) in [5.74, 6) is 4.66. The highest BCUT2D eigenvalue weighted by atomic mass is 16.2. The molecule has 0 aromatic carbocycles. The lowest BCUT2D eigenvalue weighted by Crippen LogP contribution is -2.51. The van der Waals surface area contributed by atoms with Crippen molar-refractivity contribution in [3.05, 3.63) is 0 Å². The first-order chi connectivity index (χ1) is 17.3. The van der Waals surface area contributed by atoms with E-state index in [0.29, 0.717) is 58.2 Å². The molecule has 8 N–H and O–H groups in total. The Morgan fingerprint density at radius 1 is 0.722 bits per heavy atom. The van der Waals surface area contributed by atoms with Gasteiger partial charge >= 0.3 is 0 Å². The van der Waals surface area contributed by atoms with Crippen LogP contribution in [-0.2, 0) is 19.2 Å². The fourth-order valence-electron chi connectivity index (χ4n) is 3.52. The van der Waals surface area contributed by atoms with E-state index in [1.54, 1.807) is 0 Å². The molecule has 36 heavy (non-hydrogen) atoms. The highest BCUT2D eigenvalue weighted by Crippen LogP contribution is 2.07. The van der Waals surface area contributed by atoms with Gasteiger partial charge in [-0.25, -0.2) is 0 Å². The summed E-state index contributed by atoms with van der Waals surface area (Å²) in [6.07, 6.45) is 9.03. The topological polar surface area (TPSA) is 168 Å². The van der Waals surface area contributed by atoms with Crippen LogP contribution in [-0.4, -0.2) is 55.2 Å². The monoisotopic (exact) mass is 514 g/mol. The second kappa shape index (κ2) is 26.0. The minimum absolute atomic E-state index is 0.00102. The van der Waals surface area contributed by atoms with Gasteiger partial charge in [-0.3, -0.25) is 30.4 Å². The molecule has 2 unspecified atom stereocenters. The number of rotatable bonds is 22. The highest BCUT2D eigenvalue weighted by Gasteiger charge is 2.24. The average Bonchev–Trinajstić information content (AvgIpc) is 2.86. The predicted molar refractivity (Wildman–Crippen MR) is 146 cm³/mol.